The minimum atomic E-state index is -3.15. The first-order chi connectivity index (χ1) is 9.18. The van der Waals surface area contributed by atoms with Crippen molar-refractivity contribution in [2.75, 3.05) is 19.3 Å². The van der Waals surface area contributed by atoms with Crippen molar-refractivity contribution in [1.82, 2.24) is 9.62 Å². The van der Waals surface area contributed by atoms with E-state index in [-0.39, 0.29) is 30.7 Å². The van der Waals surface area contributed by atoms with Crippen LogP contribution in [0.1, 0.15) is 32.6 Å². The van der Waals surface area contributed by atoms with Crippen molar-refractivity contribution in [3.05, 3.63) is 0 Å². The van der Waals surface area contributed by atoms with Crippen LogP contribution in [0.5, 0.6) is 0 Å². The maximum absolute atomic E-state index is 11.7. The molecule has 0 aliphatic carbocycles. The van der Waals surface area contributed by atoms with Crippen molar-refractivity contribution >= 4 is 21.9 Å². The van der Waals surface area contributed by atoms with Crippen molar-refractivity contribution in [3.63, 3.8) is 0 Å². The summed E-state index contributed by atoms with van der Waals surface area (Å²) in [7, 11) is -3.15. The third-order valence-corrected chi connectivity index (χ3v) is 4.65. The lowest BCUT2D eigenvalue weighted by Crippen LogP contribution is -2.46. The van der Waals surface area contributed by atoms with Crippen molar-refractivity contribution in [1.29, 1.82) is 0 Å². The molecule has 1 saturated heterocycles. The molecule has 1 heterocycles. The quantitative estimate of drug-likeness (QED) is 0.720. The number of rotatable bonds is 6. The molecule has 0 aromatic heterocycles. The third-order valence-electron chi connectivity index (χ3n) is 3.34. The minimum absolute atomic E-state index is 0.0278. The van der Waals surface area contributed by atoms with E-state index < -0.39 is 16.0 Å². The van der Waals surface area contributed by atoms with E-state index >= 15 is 0 Å². The predicted octanol–water partition coefficient (Wildman–Crippen LogP) is 0.0275. The van der Waals surface area contributed by atoms with E-state index in [1.165, 1.54) is 10.6 Å². The molecule has 0 aromatic rings. The molecule has 1 amide bonds. The van der Waals surface area contributed by atoms with Crippen LogP contribution in [0.15, 0.2) is 0 Å². The second-order valence-corrected chi connectivity index (χ2v) is 7.39. The molecular formula is C12H22N2O5S. The molecule has 8 heteroatoms. The Morgan fingerprint density at radius 1 is 1.30 bits per heavy atom. The van der Waals surface area contributed by atoms with Gasteiger partial charge in [0.15, 0.2) is 0 Å². The summed E-state index contributed by atoms with van der Waals surface area (Å²) >= 11 is 0. The monoisotopic (exact) mass is 306 g/mol. The first-order valence-corrected chi connectivity index (χ1v) is 8.49. The van der Waals surface area contributed by atoms with Crippen LogP contribution in [0.3, 0.4) is 0 Å². The molecule has 1 rings (SSSR count). The Kier molecular flexibility index (Phi) is 5.94. The number of hydrogen-bond acceptors (Lipinski definition) is 4. The second-order valence-electron chi connectivity index (χ2n) is 5.41. The Morgan fingerprint density at radius 2 is 1.85 bits per heavy atom. The van der Waals surface area contributed by atoms with E-state index in [4.69, 9.17) is 5.11 Å². The van der Waals surface area contributed by atoms with Crippen LogP contribution in [-0.4, -0.2) is 55.1 Å². The standard InChI is InChI=1S/C12H22N2O5S/c1-9(8-12(16)17)7-11(15)13-10-3-5-14(6-4-10)20(2,18)19/h9-10H,3-8H2,1-2H3,(H,13,15)(H,16,17). The summed E-state index contributed by atoms with van der Waals surface area (Å²) in [5.41, 5.74) is 0. The first kappa shape index (κ1) is 16.9. The van der Waals surface area contributed by atoms with Gasteiger partial charge in [-0.3, -0.25) is 9.59 Å². The molecule has 1 fully saturated rings. The number of hydrogen-bond donors (Lipinski definition) is 2. The summed E-state index contributed by atoms with van der Waals surface area (Å²) in [5, 5.41) is 11.5. The fourth-order valence-electron chi connectivity index (χ4n) is 2.31. The zero-order valence-corrected chi connectivity index (χ0v) is 12.6. The van der Waals surface area contributed by atoms with E-state index in [1.807, 2.05) is 0 Å². The molecule has 7 nitrogen and oxygen atoms in total. The lowest BCUT2D eigenvalue weighted by atomic mass is 10.0. The van der Waals surface area contributed by atoms with Crippen molar-refractivity contribution in [2.45, 2.75) is 38.6 Å². The number of carboxylic acid groups (broad SMARTS) is 1. The molecule has 20 heavy (non-hydrogen) atoms. The Morgan fingerprint density at radius 3 is 2.30 bits per heavy atom. The van der Waals surface area contributed by atoms with Gasteiger partial charge in [0.05, 0.1) is 6.26 Å². The van der Waals surface area contributed by atoms with E-state index in [0.29, 0.717) is 25.9 Å². The number of nitrogens with zero attached hydrogens (tertiary/aromatic N) is 1. The Bertz CT molecular complexity index is 454. The Balaban J connectivity index is 2.33. The molecule has 1 aliphatic heterocycles. The van der Waals surface area contributed by atoms with Gasteiger partial charge in [-0.2, -0.15) is 0 Å². The van der Waals surface area contributed by atoms with Crippen LogP contribution in [0.2, 0.25) is 0 Å². The highest BCUT2D eigenvalue weighted by atomic mass is 32.2. The van der Waals surface area contributed by atoms with Crippen LogP contribution in [-0.2, 0) is 19.6 Å². The van der Waals surface area contributed by atoms with Gasteiger partial charge in [0, 0.05) is 32.0 Å². The number of sulfonamides is 1. The normalized spacial score (nSPS) is 19.5. The molecule has 2 N–H and O–H groups in total. The summed E-state index contributed by atoms with van der Waals surface area (Å²) in [6.07, 6.45) is 2.51. The highest BCUT2D eigenvalue weighted by molar-refractivity contribution is 7.88. The number of piperidine rings is 1. The van der Waals surface area contributed by atoms with Gasteiger partial charge >= 0.3 is 5.97 Å². The average Bonchev–Trinajstić information content (AvgIpc) is 2.26. The summed E-state index contributed by atoms with van der Waals surface area (Å²) < 4.78 is 24.1. The SMILES string of the molecule is CC(CC(=O)O)CC(=O)NC1CCN(S(C)(=O)=O)CC1. The molecule has 0 bridgehead atoms. The maximum Gasteiger partial charge on any atom is 0.303 e. The number of amides is 1. The predicted molar refractivity (Wildman–Crippen MR) is 73.6 cm³/mol. The van der Waals surface area contributed by atoms with Crippen LogP contribution < -0.4 is 5.32 Å². The number of aliphatic carboxylic acids is 1. The Hall–Kier alpha value is -1.15. The number of nitrogens with one attached hydrogen (secondary N) is 1. The second kappa shape index (κ2) is 7.03. The lowest BCUT2D eigenvalue weighted by molar-refractivity contribution is -0.138. The van der Waals surface area contributed by atoms with Crippen LogP contribution in [0, 0.1) is 5.92 Å². The zero-order chi connectivity index (χ0) is 15.3. The fourth-order valence-corrected chi connectivity index (χ4v) is 3.18. The highest BCUT2D eigenvalue weighted by Gasteiger charge is 2.26. The number of carbonyl (C=O) groups excluding carboxylic acids is 1. The number of carboxylic acids is 1. The van der Waals surface area contributed by atoms with Gasteiger partial charge in [0.25, 0.3) is 0 Å². The lowest BCUT2D eigenvalue weighted by Gasteiger charge is -2.30. The van der Waals surface area contributed by atoms with Gasteiger partial charge in [0.2, 0.25) is 15.9 Å². The van der Waals surface area contributed by atoms with Gasteiger partial charge < -0.3 is 10.4 Å². The molecule has 0 aromatic carbocycles. The maximum atomic E-state index is 11.7. The molecule has 1 atom stereocenters. The van der Waals surface area contributed by atoms with E-state index in [2.05, 4.69) is 5.32 Å². The smallest absolute Gasteiger partial charge is 0.303 e. The van der Waals surface area contributed by atoms with E-state index in [1.54, 1.807) is 6.92 Å². The van der Waals surface area contributed by atoms with E-state index in [0.717, 1.165) is 0 Å². The molecule has 0 spiro atoms. The molecule has 1 aliphatic rings. The van der Waals surface area contributed by atoms with Gasteiger partial charge in [-0.1, -0.05) is 6.92 Å². The summed E-state index contributed by atoms with van der Waals surface area (Å²) in [4.78, 5) is 22.3. The van der Waals surface area contributed by atoms with Crippen LogP contribution in [0.4, 0.5) is 0 Å². The highest BCUT2D eigenvalue weighted by Crippen LogP contribution is 2.14. The molecule has 0 radical (unpaired) electrons. The summed E-state index contributed by atoms with van der Waals surface area (Å²) in [6.45, 7) is 2.54. The van der Waals surface area contributed by atoms with Crippen LogP contribution >= 0.6 is 0 Å². The Labute approximate surface area is 119 Å². The molecular weight excluding hydrogens is 284 g/mol. The van der Waals surface area contributed by atoms with Gasteiger partial charge in [-0.05, 0) is 18.8 Å². The summed E-state index contributed by atoms with van der Waals surface area (Å²) in [5.74, 6) is -1.29. The number of carbonyl (C=O) groups is 2. The largest absolute Gasteiger partial charge is 0.481 e. The first-order valence-electron chi connectivity index (χ1n) is 6.64. The molecule has 116 valence electrons. The summed E-state index contributed by atoms with van der Waals surface area (Å²) in [6, 6.07) is -0.0301. The minimum Gasteiger partial charge on any atom is -0.481 e. The van der Waals surface area contributed by atoms with Gasteiger partial charge in [0.1, 0.15) is 0 Å². The van der Waals surface area contributed by atoms with Crippen molar-refractivity contribution in [2.24, 2.45) is 5.92 Å². The fraction of sp³-hybridized carbons (Fsp3) is 0.833. The third kappa shape index (κ3) is 5.87. The topological polar surface area (TPSA) is 104 Å². The van der Waals surface area contributed by atoms with Crippen LogP contribution in [0.25, 0.3) is 0 Å². The van der Waals surface area contributed by atoms with Crippen molar-refractivity contribution < 1.29 is 23.1 Å². The molecule has 1 unspecified atom stereocenters. The zero-order valence-electron chi connectivity index (χ0n) is 11.8. The van der Waals surface area contributed by atoms with Gasteiger partial charge in [-0.25, -0.2) is 12.7 Å². The van der Waals surface area contributed by atoms with E-state index in [9.17, 15) is 18.0 Å². The van der Waals surface area contributed by atoms with Crippen molar-refractivity contribution in [3.8, 4) is 0 Å². The average molecular weight is 306 g/mol. The van der Waals surface area contributed by atoms with Gasteiger partial charge in [-0.15, -0.1) is 0 Å². The molecule has 0 saturated carbocycles.